The summed E-state index contributed by atoms with van der Waals surface area (Å²) < 4.78 is 5.86. The molecule has 37 heavy (non-hydrogen) atoms. The molecule has 4 aromatic rings. The Morgan fingerprint density at radius 1 is 0.811 bits per heavy atom. The molecule has 0 saturated carbocycles. The van der Waals surface area contributed by atoms with Gasteiger partial charge in [0.15, 0.2) is 0 Å². The molecule has 1 atom stereocenters. The second kappa shape index (κ2) is 13.4. The van der Waals surface area contributed by atoms with E-state index in [9.17, 15) is 4.79 Å². The Labute approximate surface area is 226 Å². The summed E-state index contributed by atoms with van der Waals surface area (Å²) in [5.41, 5.74) is 3.33. The van der Waals surface area contributed by atoms with E-state index in [1.165, 1.54) is 41.2 Å². The average Bonchev–Trinajstić information content (AvgIpc) is 2.94. The van der Waals surface area contributed by atoms with Gasteiger partial charge in [-0.3, -0.25) is 0 Å². The highest BCUT2D eigenvalue weighted by atomic mass is 35.5. The minimum atomic E-state index is -0.248. The van der Waals surface area contributed by atoms with Gasteiger partial charge in [0.1, 0.15) is 0 Å². The Hall–Kier alpha value is -3.14. The number of carbonyl (C=O) groups excluding carboxylic acids is 1. The van der Waals surface area contributed by atoms with Gasteiger partial charge in [-0.15, -0.1) is 12.4 Å². The molecular formula is C33H36ClNO2. The lowest BCUT2D eigenvalue weighted by Gasteiger charge is -2.33. The van der Waals surface area contributed by atoms with Gasteiger partial charge in [-0.2, -0.15) is 0 Å². The number of carbonyl (C=O) groups is 1. The zero-order chi connectivity index (χ0) is 24.6. The average molecular weight is 514 g/mol. The molecule has 4 aromatic carbocycles. The van der Waals surface area contributed by atoms with Crippen molar-refractivity contribution < 1.29 is 9.53 Å². The van der Waals surface area contributed by atoms with Crippen LogP contribution in [0, 0.1) is 5.92 Å². The van der Waals surface area contributed by atoms with Crippen molar-refractivity contribution >= 4 is 29.1 Å². The lowest BCUT2D eigenvalue weighted by molar-refractivity contribution is 0.0468. The summed E-state index contributed by atoms with van der Waals surface area (Å²) in [4.78, 5) is 15.3. The molecule has 0 aliphatic carbocycles. The molecular weight excluding hydrogens is 478 g/mol. The van der Waals surface area contributed by atoms with Gasteiger partial charge in [0.05, 0.1) is 12.2 Å². The summed E-state index contributed by atoms with van der Waals surface area (Å²) in [6.45, 7) is 3.70. The SMILES string of the molecule is Cl.O=C(OCC(CCN1CCC(Cc2ccccc2)CC1)c1cccc2ccccc12)c1ccccc1. The number of ether oxygens (including phenoxy) is 1. The van der Waals surface area contributed by atoms with Crippen molar-refractivity contribution in [3.63, 3.8) is 0 Å². The molecule has 1 aliphatic rings. The van der Waals surface area contributed by atoms with Gasteiger partial charge in [0, 0.05) is 5.92 Å². The maximum absolute atomic E-state index is 12.7. The normalized spacial score (nSPS) is 15.1. The van der Waals surface area contributed by atoms with Crippen molar-refractivity contribution in [2.24, 2.45) is 5.92 Å². The summed E-state index contributed by atoms with van der Waals surface area (Å²) >= 11 is 0. The number of piperidine rings is 1. The first-order valence-corrected chi connectivity index (χ1v) is 13.2. The van der Waals surface area contributed by atoms with Gasteiger partial charge >= 0.3 is 5.97 Å². The summed E-state index contributed by atoms with van der Waals surface area (Å²) in [7, 11) is 0. The molecule has 4 heteroatoms. The van der Waals surface area contributed by atoms with E-state index in [-0.39, 0.29) is 24.3 Å². The van der Waals surface area contributed by atoms with E-state index in [1.54, 1.807) is 0 Å². The molecule has 0 N–H and O–H groups in total. The van der Waals surface area contributed by atoms with E-state index in [1.807, 2.05) is 30.3 Å². The second-order valence-electron chi connectivity index (χ2n) is 9.99. The van der Waals surface area contributed by atoms with Gasteiger partial charge in [-0.1, -0.05) is 91.0 Å². The maximum Gasteiger partial charge on any atom is 0.338 e. The Morgan fingerprint density at radius 3 is 2.22 bits per heavy atom. The minimum absolute atomic E-state index is 0. The van der Waals surface area contributed by atoms with Crippen molar-refractivity contribution in [3.8, 4) is 0 Å². The van der Waals surface area contributed by atoms with Crippen LogP contribution in [0.25, 0.3) is 10.8 Å². The van der Waals surface area contributed by atoms with Crippen LogP contribution < -0.4 is 0 Å². The number of hydrogen-bond acceptors (Lipinski definition) is 3. The van der Waals surface area contributed by atoms with Crippen molar-refractivity contribution in [1.82, 2.24) is 4.90 Å². The lowest BCUT2D eigenvalue weighted by Crippen LogP contribution is -2.35. The van der Waals surface area contributed by atoms with Crippen molar-refractivity contribution in [2.45, 2.75) is 31.6 Å². The van der Waals surface area contributed by atoms with E-state index in [0.29, 0.717) is 12.2 Å². The number of nitrogens with zero attached hydrogens (tertiary/aromatic N) is 1. The Balaban J connectivity index is 0.00000320. The molecule has 1 saturated heterocycles. The van der Waals surface area contributed by atoms with E-state index < -0.39 is 0 Å². The van der Waals surface area contributed by atoms with E-state index in [0.717, 1.165) is 32.0 Å². The van der Waals surface area contributed by atoms with Crippen molar-refractivity contribution in [3.05, 3.63) is 120 Å². The highest BCUT2D eigenvalue weighted by Crippen LogP contribution is 2.30. The van der Waals surface area contributed by atoms with Crippen LogP contribution in [0.1, 0.15) is 46.7 Å². The number of hydrogen-bond donors (Lipinski definition) is 0. The van der Waals surface area contributed by atoms with Crippen LogP contribution in [-0.4, -0.2) is 37.1 Å². The summed E-state index contributed by atoms with van der Waals surface area (Å²) in [5.74, 6) is 0.678. The van der Waals surface area contributed by atoms with Gasteiger partial charge in [0.2, 0.25) is 0 Å². The third kappa shape index (κ3) is 7.21. The topological polar surface area (TPSA) is 29.5 Å². The van der Waals surface area contributed by atoms with E-state index in [4.69, 9.17) is 4.74 Å². The van der Waals surface area contributed by atoms with Crippen LogP contribution in [0.3, 0.4) is 0 Å². The molecule has 192 valence electrons. The smallest absolute Gasteiger partial charge is 0.338 e. The fourth-order valence-electron chi connectivity index (χ4n) is 5.47. The highest BCUT2D eigenvalue weighted by Gasteiger charge is 2.22. The molecule has 1 unspecified atom stereocenters. The van der Waals surface area contributed by atoms with Crippen LogP contribution in [0.15, 0.2) is 103 Å². The standard InChI is InChI=1S/C33H35NO2.ClH/c35-33(29-13-5-2-6-14-29)36-25-30(32-17-9-15-28-12-7-8-16-31(28)32)20-23-34-21-18-27(19-22-34)24-26-10-3-1-4-11-26;/h1-17,27,30H,18-25H2;1H. The maximum atomic E-state index is 12.7. The number of benzene rings is 4. The first-order chi connectivity index (χ1) is 17.8. The monoisotopic (exact) mass is 513 g/mol. The van der Waals surface area contributed by atoms with Crippen LogP contribution >= 0.6 is 12.4 Å². The molecule has 1 fully saturated rings. The minimum Gasteiger partial charge on any atom is -0.461 e. The van der Waals surface area contributed by atoms with Gasteiger partial charge in [-0.25, -0.2) is 4.79 Å². The van der Waals surface area contributed by atoms with Crippen LogP contribution in [0.2, 0.25) is 0 Å². The molecule has 0 aromatic heterocycles. The number of esters is 1. The number of halogens is 1. The Bertz CT molecular complexity index is 1250. The summed E-state index contributed by atoms with van der Waals surface area (Å²) in [5, 5.41) is 2.48. The Morgan fingerprint density at radius 2 is 1.46 bits per heavy atom. The fourth-order valence-corrected chi connectivity index (χ4v) is 5.47. The molecule has 0 radical (unpaired) electrons. The van der Waals surface area contributed by atoms with E-state index >= 15 is 0 Å². The third-order valence-electron chi connectivity index (χ3n) is 7.56. The van der Waals surface area contributed by atoms with Gasteiger partial charge in [0.25, 0.3) is 0 Å². The molecule has 3 nitrogen and oxygen atoms in total. The number of fused-ring (bicyclic) bond motifs is 1. The predicted octanol–water partition coefficient (Wildman–Crippen LogP) is 7.55. The van der Waals surface area contributed by atoms with Crippen molar-refractivity contribution in [2.75, 3.05) is 26.2 Å². The zero-order valence-electron chi connectivity index (χ0n) is 21.3. The summed E-state index contributed by atoms with van der Waals surface area (Å²) in [6, 6.07) is 35.2. The van der Waals surface area contributed by atoms with Crippen LogP contribution in [0.5, 0.6) is 0 Å². The summed E-state index contributed by atoms with van der Waals surface area (Å²) in [6.07, 6.45) is 4.65. The molecule has 0 bridgehead atoms. The third-order valence-corrected chi connectivity index (χ3v) is 7.56. The van der Waals surface area contributed by atoms with Gasteiger partial charge < -0.3 is 9.64 Å². The second-order valence-corrected chi connectivity index (χ2v) is 9.99. The molecule has 0 spiro atoms. The number of rotatable bonds is 9. The number of likely N-dealkylation sites (tertiary alicyclic amines) is 1. The van der Waals surface area contributed by atoms with E-state index in [2.05, 4.69) is 77.7 Å². The first kappa shape index (κ1) is 26.9. The predicted molar refractivity (Wildman–Crippen MR) is 155 cm³/mol. The lowest BCUT2D eigenvalue weighted by atomic mass is 9.89. The molecule has 1 aliphatic heterocycles. The molecule has 5 rings (SSSR count). The largest absolute Gasteiger partial charge is 0.461 e. The fraction of sp³-hybridized carbons (Fsp3) is 0.303. The van der Waals surface area contributed by atoms with Gasteiger partial charge in [-0.05, 0) is 85.3 Å². The molecule has 0 amide bonds. The zero-order valence-corrected chi connectivity index (χ0v) is 22.1. The molecule has 1 heterocycles. The Kier molecular flexibility index (Phi) is 9.76. The van der Waals surface area contributed by atoms with Crippen LogP contribution in [-0.2, 0) is 11.2 Å². The quantitative estimate of drug-likeness (QED) is 0.216. The highest BCUT2D eigenvalue weighted by molar-refractivity contribution is 5.89. The first-order valence-electron chi connectivity index (χ1n) is 13.2. The van der Waals surface area contributed by atoms with Crippen molar-refractivity contribution in [1.29, 1.82) is 0 Å². The van der Waals surface area contributed by atoms with Crippen LogP contribution in [0.4, 0.5) is 0 Å².